The summed E-state index contributed by atoms with van der Waals surface area (Å²) in [5, 5.41) is 8.95. The van der Waals surface area contributed by atoms with Crippen LogP contribution in [0.5, 0.6) is 5.75 Å². The number of rotatable bonds is 3. The van der Waals surface area contributed by atoms with Crippen LogP contribution >= 0.6 is 0 Å². The Bertz CT molecular complexity index is 793. The second-order valence-electron chi connectivity index (χ2n) is 8.64. The molecule has 1 amide bonds. The van der Waals surface area contributed by atoms with Gasteiger partial charge in [-0.25, -0.2) is 13.2 Å². The average Bonchev–Trinajstić information content (AvgIpc) is 3.12. The molecule has 0 aliphatic carbocycles. The minimum absolute atomic E-state index is 0.0590. The van der Waals surface area contributed by atoms with E-state index >= 15 is 0 Å². The van der Waals surface area contributed by atoms with Crippen molar-refractivity contribution in [1.29, 1.82) is 0 Å². The lowest BCUT2D eigenvalue weighted by atomic mass is 10.0. The SMILES string of the molecule is CC(C)(C)OC(=O)N1CCC(N2CCC(S(=O)(=O)c3ccc(O)cc3)C2)CC1. The van der Waals surface area contributed by atoms with Gasteiger partial charge in [0.2, 0.25) is 0 Å². The van der Waals surface area contributed by atoms with Crippen molar-refractivity contribution < 1.29 is 23.1 Å². The van der Waals surface area contributed by atoms with Crippen LogP contribution in [0.2, 0.25) is 0 Å². The summed E-state index contributed by atoms with van der Waals surface area (Å²) >= 11 is 0. The van der Waals surface area contributed by atoms with Crippen LogP contribution in [-0.4, -0.2) is 72.5 Å². The fourth-order valence-corrected chi connectivity index (χ4v) is 5.61. The predicted octanol–water partition coefficient (Wildman–Crippen LogP) is 2.64. The monoisotopic (exact) mass is 410 g/mol. The topological polar surface area (TPSA) is 87.2 Å². The van der Waals surface area contributed by atoms with Gasteiger partial charge in [-0.3, -0.25) is 4.90 Å². The van der Waals surface area contributed by atoms with Gasteiger partial charge in [-0.15, -0.1) is 0 Å². The van der Waals surface area contributed by atoms with E-state index in [1.807, 2.05) is 20.8 Å². The van der Waals surface area contributed by atoms with Crippen molar-refractivity contribution >= 4 is 15.9 Å². The third kappa shape index (κ3) is 4.78. The Kier molecular flexibility index (Phi) is 5.91. The largest absolute Gasteiger partial charge is 0.508 e. The Balaban J connectivity index is 1.55. The summed E-state index contributed by atoms with van der Waals surface area (Å²) in [5.41, 5.74) is -0.501. The number of hydrogen-bond acceptors (Lipinski definition) is 6. The van der Waals surface area contributed by atoms with Gasteiger partial charge in [0.25, 0.3) is 0 Å². The Morgan fingerprint density at radius 2 is 1.68 bits per heavy atom. The Morgan fingerprint density at radius 1 is 1.07 bits per heavy atom. The van der Waals surface area contributed by atoms with Crippen molar-refractivity contribution in [3.05, 3.63) is 24.3 Å². The number of benzene rings is 1. The summed E-state index contributed by atoms with van der Waals surface area (Å²) < 4.78 is 31.2. The Labute approximate surface area is 167 Å². The van der Waals surface area contributed by atoms with Crippen molar-refractivity contribution in [2.24, 2.45) is 0 Å². The molecule has 1 atom stereocenters. The van der Waals surface area contributed by atoms with E-state index in [1.165, 1.54) is 24.3 Å². The lowest BCUT2D eigenvalue weighted by Gasteiger charge is -2.37. The minimum Gasteiger partial charge on any atom is -0.508 e. The molecule has 8 heteroatoms. The molecule has 0 bridgehead atoms. The molecule has 1 unspecified atom stereocenters. The van der Waals surface area contributed by atoms with Gasteiger partial charge in [0.15, 0.2) is 9.84 Å². The number of aromatic hydroxyl groups is 1. The van der Waals surface area contributed by atoms with Crippen LogP contribution in [0.4, 0.5) is 4.79 Å². The van der Waals surface area contributed by atoms with Gasteiger partial charge in [-0.2, -0.15) is 0 Å². The molecule has 7 nitrogen and oxygen atoms in total. The van der Waals surface area contributed by atoms with E-state index in [4.69, 9.17) is 4.74 Å². The first-order valence-corrected chi connectivity index (χ1v) is 11.4. The highest BCUT2D eigenvalue weighted by atomic mass is 32.2. The molecule has 1 aromatic carbocycles. The fraction of sp³-hybridized carbons (Fsp3) is 0.650. The van der Waals surface area contributed by atoms with Crippen LogP contribution in [-0.2, 0) is 14.6 Å². The number of phenolic OH excluding ortho intramolecular Hbond substituents is 1. The zero-order chi connectivity index (χ0) is 20.5. The van der Waals surface area contributed by atoms with Gasteiger partial charge < -0.3 is 14.7 Å². The fourth-order valence-electron chi connectivity index (χ4n) is 3.91. The molecule has 3 rings (SSSR count). The maximum atomic E-state index is 12.9. The first kappa shape index (κ1) is 20.9. The number of hydrogen-bond donors (Lipinski definition) is 1. The zero-order valence-corrected chi connectivity index (χ0v) is 17.6. The number of carbonyl (C=O) groups is 1. The minimum atomic E-state index is -3.41. The number of piperidine rings is 1. The highest BCUT2D eigenvalue weighted by Gasteiger charge is 2.38. The standard InChI is InChI=1S/C20H30N2O5S/c1-20(2,3)27-19(24)21-11-8-15(9-12-21)22-13-10-18(14-22)28(25,26)17-6-4-16(23)5-7-17/h4-7,15,18,23H,8-14H2,1-3H3. The second-order valence-corrected chi connectivity index (χ2v) is 10.9. The van der Waals surface area contributed by atoms with Gasteiger partial charge in [0, 0.05) is 25.7 Å². The first-order chi connectivity index (χ1) is 13.1. The molecule has 1 N–H and O–H groups in total. The third-order valence-corrected chi connectivity index (χ3v) is 7.60. The lowest BCUT2D eigenvalue weighted by Crippen LogP contribution is -2.47. The molecule has 2 fully saturated rings. The molecule has 0 aromatic heterocycles. The number of carbonyl (C=O) groups excluding carboxylic acids is 1. The number of amides is 1. The van der Waals surface area contributed by atoms with Crippen LogP contribution in [0, 0.1) is 0 Å². The molecular formula is C20H30N2O5S. The van der Waals surface area contributed by atoms with Gasteiger partial charge in [0.05, 0.1) is 10.1 Å². The normalized spacial score (nSPS) is 22.4. The van der Waals surface area contributed by atoms with Crippen molar-refractivity contribution in [3.63, 3.8) is 0 Å². The quantitative estimate of drug-likeness (QED) is 0.824. The van der Waals surface area contributed by atoms with E-state index in [1.54, 1.807) is 4.90 Å². The first-order valence-electron chi connectivity index (χ1n) is 9.81. The number of likely N-dealkylation sites (tertiary alicyclic amines) is 2. The van der Waals surface area contributed by atoms with Crippen LogP contribution in [0.1, 0.15) is 40.0 Å². The maximum Gasteiger partial charge on any atom is 0.410 e. The summed E-state index contributed by atoms with van der Waals surface area (Å²) in [6.07, 6.45) is 1.98. The van der Waals surface area contributed by atoms with E-state index in [-0.39, 0.29) is 16.7 Å². The number of nitrogens with zero attached hydrogens (tertiary/aromatic N) is 2. The number of sulfone groups is 1. The molecule has 156 valence electrons. The second kappa shape index (κ2) is 7.91. The van der Waals surface area contributed by atoms with E-state index < -0.39 is 20.7 Å². The van der Waals surface area contributed by atoms with Crippen LogP contribution in [0.25, 0.3) is 0 Å². The van der Waals surface area contributed by atoms with Crippen molar-refractivity contribution in [2.45, 2.75) is 61.8 Å². The zero-order valence-electron chi connectivity index (χ0n) is 16.8. The average molecular weight is 411 g/mol. The smallest absolute Gasteiger partial charge is 0.410 e. The molecule has 0 spiro atoms. The molecule has 2 aliphatic heterocycles. The van der Waals surface area contributed by atoms with E-state index in [0.717, 1.165) is 19.4 Å². The highest BCUT2D eigenvalue weighted by molar-refractivity contribution is 7.92. The van der Waals surface area contributed by atoms with E-state index in [9.17, 15) is 18.3 Å². The Hall–Kier alpha value is -1.80. The van der Waals surface area contributed by atoms with Crippen LogP contribution < -0.4 is 0 Å². The highest BCUT2D eigenvalue weighted by Crippen LogP contribution is 2.29. The van der Waals surface area contributed by atoms with E-state index in [2.05, 4.69) is 4.90 Å². The molecular weight excluding hydrogens is 380 g/mol. The number of phenols is 1. The molecule has 0 saturated carbocycles. The summed E-state index contributed by atoms with van der Waals surface area (Å²) in [7, 11) is -3.41. The third-order valence-electron chi connectivity index (χ3n) is 5.41. The van der Waals surface area contributed by atoms with Crippen molar-refractivity contribution in [2.75, 3.05) is 26.2 Å². The summed E-state index contributed by atoms with van der Waals surface area (Å²) in [6, 6.07) is 6.04. The molecule has 0 radical (unpaired) electrons. The van der Waals surface area contributed by atoms with Crippen molar-refractivity contribution in [1.82, 2.24) is 9.80 Å². The molecule has 1 aromatic rings. The van der Waals surface area contributed by atoms with Crippen LogP contribution in [0.15, 0.2) is 29.2 Å². The molecule has 28 heavy (non-hydrogen) atoms. The predicted molar refractivity (Wildman–Crippen MR) is 106 cm³/mol. The molecule has 2 heterocycles. The molecule has 2 saturated heterocycles. The molecule has 2 aliphatic rings. The Morgan fingerprint density at radius 3 is 2.25 bits per heavy atom. The van der Waals surface area contributed by atoms with Gasteiger partial charge >= 0.3 is 6.09 Å². The van der Waals surface area contributed by atoms with Crippen LogP contribution in [0.3, 0.4) is 0 Å². The maximum absolute atomic E-state index is 12.9. The summed E-state index contributed by atoms with van der Waals surface area (Å²) in [5.74, 6) is 0.0590. The number of ether oxygens (including phenoxy) is 1. The van der Waals surface area contributed by atoms with Gasteiger partial charge in [-0.05, 0) is 70.8 Å². The summed E-state index contributed by atoms with van der Waals surface area (Å²) in [4.78, 5) is 16.4. The van der Waals surface area contributed by atoms with Gasteiger partial charge in [0.1, 0.15) is 11.4 Å². The van der Waals surface area contributed by atoms with E-state index in [0.29, 0.717) is 32.1 Å². The summed E-state index contributed by atoms with van der Waals surface area (Å²) in [6.45, 7) is 8.10. The lowest BCUT2D eigenvalue weighted by molar-refractivity contribution is 0.0156. The van der Waals surface area contributed by atoms with Crippen molar-refractivity contribution in [3.8, 4) is 5.75 Å². The van der Waals surface area contributed by atoms with Gasteiger partial charge in [-0.1, -0.05) is 0 Å².